The predicted molar refractivity (Wildman–Crippen MR) is 103 cm³/mol. The van der Waals surface area contributed by atoms with Gasteiger partial charge in [0.15, 0.2) is 0 Å². The molecule has 4 rings (SSSR count). The first-order valence-corrected chi connectivity index (χ1v) is 9.50. The van der Waals surface area contributed by atoms with Crippen LogP contribution in [0, 0.1) is 0 Å². The van der Waals surface area contributed by atoms with Crippen LogP contribution in [-0.4, -0.2) is 45.3 Å². The van der Waals surface area contributed by atoms with E-state index in [1.807, 2.05) is 30.3 Å². The van der Waals surface area contributed by atoms with Gasteiger partial charge in [0.1, 0.15) is 6.04 Å². The second kappa shape index (κ2) is 7.46. The van der Waals surface area contributed by atoms with Gasteiger partial charge in [0.2, 0.25) is 5.91 Å². The van der Waals surface area contributed by atoms with Gasteiger partial charge in [-0.25, -0.2) is 4.79 Å². The van der Waals surface area contributed by atoms with Crippen LogP contribution in [0.1, 0.15) is 39.9 Å². The van der Waals surface area contributed by atoms with Gasteiger partial charge in [-0.2, -0.15) is 0 Å². The van der Waals surface area contributed by atoms with Crippen molar-refractivity contribution >= 4 is 17.8 Å². The van der Waals surface area contributed by atoms with Crippen molar-refractivity contribution < 1.29 is 19.5 Å². The van der Waals surface area contributed by atoms with Crippen LogP contribution in [-0.2, 0) is 29.1 Å². The zero-order valence-electron chi connectivity index (χ0n) is 15.5. The van der Waals surface area contributed by atoms with E-state index in [1.165, 1.54) is 4.90 Å². The van der Waals surface area contributed by atoms with Crippen molar-refractivity contribution in [3.05, 3.63) is 70.8 Å². The maximum atomic E-state index is 13.2. The van der Waals surface area contributed by atoms with E-state index in [9.17, 15) is 19.5 Å². The number of carboxylic acid groups (broad SMARTS) is 1. The Morgan fingerprint density at radius 2 is 1.86 bits per heavy atom. The average molecular weight is 378 g/mol. The van der Waals surface area contributed by atoms with Gasteiger partial charge in [0.25, 0.3) is 5.91 Å². The lowest BCUT2D eigenvalue weighted by atomic mass is 9.93. The van der Waals surface area contributed by atoms with Gasteiger partial charge in [0, 0.05) is 38.0 Å². The molecule has 2 aliphatic rings. The molecule has 6 nitrogen and oxygen atoms in total. The number of carbonyl (C=O) groups excluding carboxylic acids is 2. The van der Waals surface area contributed by atoms with Crippen molar-refractivity contribution in [1.29, 1.82) is 0 Å². The minimum atomic E-state index is -0.998. The topological polar surface area (TPSA) is 77.9 Å². The van der Waals surface area contributed by atoms with Gasteiger partial charge in [-0.3, -0.25) is 9.59 Å². The van der Waals surface area contributed by atoms with Gasteiger partial charge in [-0.05, 0) is 35.2 Å². The molecule has 1 N–H and O–H groups in total. The van der Waals surface area contributed by atoms with E-state index in [0.717, 1.165) is 29.7 Å². The molecule has 1 atom stereocenters. The molecule has 6 heteroatoms. The van der Waals surface area contributed by atoms with E-state index >= 15 is 0 Å². The normalized spacial score (nSPS) is 18.9. The number of fused-ring (bicyclic) bond motifs is 1. The Labute approximate surface area is 163 Å². The van der Waals surface area contributed by atoms with Gasteiger partial charge >= 0.3 is 5.97 Å². The molecule has 2 heterocycles. The first-order chi connectivity index (χ1) is 13.5. The van der Waals surface area contributed by atoms with Gasteiger partial charge in [0.05, 0.1) is 0 Å². The summed E-state index contributed by atoms with van der Waals surface area (Å²) in [4.78, 5) is 40.1. The number of hydrogen-bond donors (Lipinski definition) is 1. The van der Waals surface area contributed by atoms with Crippen molar-refractivity contribution in [2.75, 3.05) is 6.54 Å². The number of aliphatic carboxylic acids is 1. The van der Waals surface area contributed by atoms with Crippen molar-refractivity contribution in [2.45, 2.75) is 38.4 Å². The van der Waals surface area contributed by atoms with Gasteiger partial charge < -0.3 is 14.9 Å². The van der Waals surface area contributed by atoms with E-state index in [0.29, 0.717) is 24.9 Å². The molecule has 144 valence electrons. The molecule has 0 aliphatic carbocycles. The van der Waals surface area contributed by atoms with E-state index < -0.39 is 12.0 Å². The summed E-state index contributed by atoms with van der Waals surface area (Å²) >= 11 is 0. The Morgan fingerprint density at radius 1 is 1.07 bits per heavy atom. The van der Waals surface area contributed by atoms with Crippen molar-refractivity contribution in [3.8, 4) is 0 Å². The molecule has 0 radical (unpaired) electrons. The number of nitrogens with zero attached hydrogens (tertiary/aromatic N) is 2. The number of carboxylic acids is 1. The highest BCUT2D eigenvalue weighted by molar-refractivity contribution is 5.97. The van der Waals surface area contributed by atoms with Crippen molar-refractivity contribution in [1.82, 2.24) is 9.80 Å². The summed E-state index contributed by atoms with van der Waals surface area (Å²) in [6, 6.07) is 13.9. The van der Waals surface area contributed by atoms with Crippen LogP contribution in [0.4, 0.5) is 0 Å². The molecule has 1 fully saturated rings. The van der Waals surface area contributed by atoms with Crippen LogP contribution in [0.3, 0.4) is 0 Å². The maximum Gasteiger partial charge on any atom is 0.326 e. The lowest BCUT2D eigenvalue weighted by molar-refractivity contribution is -0.142. The van der Waals surface area contributed by atoms with E-state index in [4.69, 9.17) is 0 Å². The fourth-order valence-corrected chi connectivity index (χ4v) is 4.02. The fourth-order valence-electron chi connectivity index (χ4n) is 4.02. The third-order valence-electron chi connectivity index (χ3n) is 5.51. The SMILES string of the molecule is O=C(O)[C@H]1Cc2ccccc2CN1C(=O)c1cccc(CN2CCCC2=O)c1. The lowest BCUT2D eigenvalue weighted by Gasteiger charge is -2.34. The Morgan fingerprint density at radius 3 is 2.57 bits per heavy atom. The molecular formula is C22H22N2O4. The predicted octanol–water partition coefficient (Wildman–Crippen LogP) is 2.46. The van der Waals surface area contributed by atoms with Crippen LogP contribution < -0.4 is 0 Å². The Bertz CT molecular complexity index is 940. The molecule has 28 heavy (non-hydrogen) atoms. The quantitative estimate of drug-likeness (QED) is 0.887. The molecular weight excluding hydrogens is 356 g/mol. The zero-order valence-corrected chi connectivity index (χ0v) is 15.5. The number of amides is 2. The first kappa shape index (κ1) is 18.2. The largest absolute Gasteiger partial charge is 0.480 e. The molecule has 0 spiro atoms. The van der Waals surface area contributed by atoms with E-state index in [1.54, 1.807) is 23.1 Å². The van der Waals surface area contributed by atoms with E-state index in [-0.39, 0.29) is 18.4 Å². The molecule has 2 amide bonds. The van der Waals surface area contributed by atoms with Gasteiger partial charge in [-0.1, -0.05) is 36.4 Å². The summed E-state index contributed by atoms with van der Waals surface area (Å²) in [5.41, 5.74) is 3.28. The zero-order chi connectivity index (χ0) is 19.7. The number of hydrogen-bond acceptors (Lipinski definition) is 3. The van der Waals surface area contributed by atoms with Crippen molar-refractivity contribution in [3.63, 3.8) is 0 Å². The number of rotatable bonds is 4. The van der Waals surface area contributed by atoms with Crippen LogP contribution in [0.15, 0.2) is 48.5 Å². The minimum Gasteiger partial charge on any atom is -0.480 e. The molecule has 0 aromatic heterocycles. The summed E-state index contributed by atoms with van der Waals surface area (Å²) < 4.78 is 0. The molecule has 0 saturated carbocycles. The monoisotopic (exact) mass is 378 g/mol. The highest BCUT2D eigenvalue weighted by atomic mass is 16.4. The summed E-state index contributed by atoms with van der Waals surface area (Å²) in [7, 11) is 0. The highest BCUT2D eigenvalue weighted by Gasteiger charge is 2.35. The van der Waals surface area contributed by atoms with Crippen LogP contribution >= 0.6 is 0 Å². The smallest absolute Gasteiger partial charge is 0.326 e. The van der Waals surface area contributed by atoms with Crippen LogP contribution in [0.25, 0.3) is 0 Å². The Hall–Kier alpha value is -3.15. The number of benzene rings is 2. The van der Waals surface area contributed by atoms with E-state index in [2.05, 4.69) is 0 Å². The van der Waals surface area contributed by atoms with Crippen LogP contribution in [0.5, 0.6) is 0 Å². The molecule has 2 aromatic carbocycles. The third-order valence-corrected chi connectivity index (χ3v) is 5.51. The van der Waals surface area contributed by atoms with Crippen LogP contribution in [0.2, 0.25) is 0 Å². The number of likely N-dealkylation sites (tertiary alicyclic amines) is 1. The average Bonchev–Trinajstić information content (AvgIpc) is 3.11. The third kappa shape index (κ3) is 3.50. The van der Waals surface area contributed by atoms with Crippen molar-refractivity contribution in [2.24, 2.45) is 0 Å². The summed E-state index contributed by atoms with van der Waals surface area (Å²) in [5, 5.41) is 9.67. The molecule has 0 unspecified atom stereocenters. The first-order valence-electron chi connectivity index (χ1n) is 9.50. The fraction of sp³-hybridized carbons (Fsp3) is 0.318. The maximum absolute atomic E-state index is 13.2. The standard InChI is InChI=1S/C22H22N2O4/c25-20-9-4-10-23(20)13-15-5-3-8-17(11-15)21(26)24-14-18-7-2-1-6-16(18)12-19(24)22(27)28/h1-3,5-8,11,19H,4,9-10,12-14H2,(H,27,28)/t19-/m1/s1. The lowest BCUT2D eigenvalue weighted by Crippen LogP contribution is -2.48. The second-order valence-electron chi connectivity index (χ2n) is 7.38. The molecule has 2 aliphatic heterocycles. The Kier molecular flexibility index (Phi) is 4.86. The summed E-state index contributed by atoms with van der Waals surface area (Å²) in [6.07, 6.45) is 1.75. The van der Waals surface area contributed by atoms with Gasteiger partial charge in [-0.15, -0.1) is 0 Å². The highest BCUT2D eigenvalue weighted by Crippen LogP contribution is 2.26. The summed E-state index contributed by atoms with van der Waals surface area (Å²) in [6.45, 7) is 1.49. The molecule has 2 aromatic rings. The Balaban J connectivity index is 1.58. The number of carbonyl (C=O) groups is 3. The molecule has 0 bridgehead atoms. The second-order valence-corrected chi connectivity index (χ2v) is 7.38. The summed E-state index contributed by atoms with van der Waals surface area (Å²) in [5.74, 6) is -1.16. The molecule has 1 saturated heterocycles. The minimum absolute atomic E-state index is 0.135.